The maximum Gasteiger partial charge on any atom is 0.233 e. The zero-order chi connectivity index (χ0) is 20.5. The van der Waals surface area contributed by atoms with Crippen molar-refractivity contribution in [3.8, 4) is 0 Å². The number of anilines is 1. The van der Waals surface area contributed by atoms with Crippen LogP contribution < -0.4 is 20.9 Å². The van der Waals surface area contributed by atoms with E-state index in [9.17, 15) is 4.79 Å². The molecule has 30 heavy (non-hydrogen) atoms. The lowest BCUT2D eigenvalue weighted by Gasteiger charge is -2.32. The molecule has 0 unspecified atom stereocenters. The van der Waals surface area contributed by atoms with Crippen LogP contribution in [0.3, 0.4) is 0 Å². The first-order valence-electron chi connectivity index (χ1n) is 10.6. The minimum atomic E-state index is 0. The molecule has 3 N–H and O–H groups in total. The highest BCUT2D eigenvalue weighted by atomic mass is 127. The average molecular weight is 526 g/mol. The van der Waals surface area contributed by atoms with Crippen LogP contribution in [-0.2, 0) is 11.3 Å². The number of carbonyl (C=O) groups excluding carboxylic acids is 1. The van der Waals surface area contributed by atoms with Gasteiger partial charge in [0.05, 0.1) is 13.1 Å². The van der Waals surface area contributed by atoms with Crippen molar-refractivity contribution in [2.45, 2.75) is 32.4 Å². The predicted octanol–water partition coefficient (Wildman–Crippen LogP) is 1.95. The summed E-state index contributed by atoms with van der Waals surface area (Å²) in [5.74, 6) is 0.948. The van der Waals surface area contributed by atoms with Crippen molar-refractivity contribution < 1.29 is 4.79 Å². The minimum Gasteiger partial charge on any atom is -0.364 e. The Hall–Kier alpha value is -1.81. The molecular weight excluding hydrogens is 491 g/mol. The number of likely N-dealkylation sites (N-methyl/N-ethyl adjacent to an activating group) is 1. The van der Waals surface area contributed by atoms with Gasteiger partial charge in [0.2, 0.25) is 5.91 Å². The van der Waals surface area contributed by atoms with E-state index in [2.05, 4.69) is 69.1 Å². The first-order valence-corrected chi connectivity index (χ1v) is 10.6. The number of piperidine rings is 1. The number of benzene rings is 1. The summed E-state index contributed by atoms with van der Waals surface area (Å²) in [7, 11) is 1.69. The highest BCUT2D eigenvalue weighted by molar-refractivity contribution is 14.0. The van der Waals surface area contributed by atoms with Gasteiger partial charge in [0.15, 0.2) is 5.96 Å². The molecule has 8 heteroatoms. The molecule has 0 atom stereocenters. The number of guanidine groups is 1. The summed E-state index contributed by atoms with van der Waals surface area (Å²) in [5.41, 5.74) is 2.47. The lowest BCUT2D eigenvalue weighted by molar-refractivity contribution is -0.122. The zero-order valence-corrected chi connectivity index (χ0v) is 20.4. The molecule has 1 amide bonds. The number of nitrogens with zero attached hydrogens (tertiary/aromatic N) is 3. The Morgan fingerprint density at radius 1 is 1.13 bits per heavy atom. The second-order valence-corrected chi connectivity index (χ2v) is 7.61. The molecule has 0 radical (unpaired) electrons. The van der Waals surface area contributed by atoms with E-state index in [1.54, 1.807) is 7.05 Å². The lowest BCUT2D eigenvalue weighted by Crippen LogP contribution is -2.50. The first-order chi connectivity index (χ1) is 14.2. The molecular formula is C22H35IN6O. The minimum absolute atomic E-state index is 0. The molecule has 2 heterocycles. The van der Waals surface area contributed by atoms with E-state index >= 15 is 0 Å². The Balaban J connectivity index is 0.00000320. The first kappa shape index (κ1) is 24.5. The average Bonchev–Trinajstić information content (AvgIpc) is 3.29. The van der Waals surface area contributed by atoms with Gasteiger partial charge < -0.3 is 20.9 Å². The van der Waals surface area contributed by atoms with E-state index in [-0.39, 0.29) is 29.9 Å². The Kier molecular flexibility index (Phi) is 10.4. The third kappa shape index (κ3) is 7.46. The summed E-state index contributed by atoms with van der Waals surface area (Å²) in [6.45, 7) is 7.91. The maximum atomic E-state index is 11.5. The summed E-state index contributed by atoms with van der Waals surface area (Å²) in [6, 6.07) is 9.08. The number of aliphatic imine (C=N–C) groups is 1. The number of amides is 1. The van der Waals surface area contributed by atoms with Crippen LogP contribution in [0.2, 0.25) is 0 Å². The van der Waals surface area contributed by atoms with Crippen LogP contribution in [0.25, 0.3) is 0 Å². The molecule has 3 rings (SSSR count). The van der Waals surface area contributed by atoms with Gasteiger partial charge in [-0.2, -0.15) is 0 Å². The molecule has 2 aliphatic heterocycles. The number of likely N-dealkylation sites (tertiary alicyclic amines) is 1. The Labute approximate surface area is 197 Å². The van der Waals surface area contributed by atoms with Gasteiger partial charge in [0, 0.05) is 51.5 Å². The van der Waals surface area contributed by atoms with Crippen molar-refractivity contribution in [2.24, 2.45) is 4.99 Å². The lowest BCUT2D eigenvalue weighted by atomic mass is 10.1. The molecule has 1 aromatic rings. The van der Waals surface area contributed by atoms with Crippen molar-refractivity contribution >= 4 is 41.5 Å². The Morgan fingerprint density at radius 3 is 2.40 bits per heavy atom. The van der Waals surface area contributed by atoms with Gasteiger partial charge in [0.25, 0.3) is 0 Å². The molecule has 0 bridgehead atoms. The number of nitrogens with one attached hydrogen (secondary N) is 3. The van der Waals surface area contributed by atoms with Gasteiger partial charge in [-0.15, -0.1) is 24.0 Å². The maximum absolute atomic E-state index is 11.5. The van der Waals surface area contributed by atoms with Crippen molar-refractivity contribution in [1.82, 2.24) is 20.9 Å². The molecule has 0 aliphatic carbocycles. The summed E-state index contributed by atoms with van der Waals surface area (Å²) in [6.07, 6.45) is 6.44. The zero-order valence-electron chi connectivity index (χ0n) is 18.1. The van der Waals surface area contributed by atoms with E-state index in [0.717, 1.165) is 51.5 Å². The molecule has 1 saturated heterocycles. The Bertz CT molecular complexity index is 705. The number of hydrogen-bond donors (Lipinski definition) is 3. The fourth-order valence-electron chi connectivity index (χ4n) is 3.70. The SMILES string of the molecule is CCNC(=NCc1ccc(N2CC=CC2)cc1)NC1CCN(CC(=O)NC)CC1.I. The molecule has 1 aromatic carbocycles. The van der Waals surface area contributed by atoms with Gasteiger partial charge in [0.1, 0.15) is 0 Å². The molecule has 0 saturated carbocycles. The molecule has 7 nitrogen and oxygen atoms in total. The van der Waals surface area contributed by atoms with Crippen LogP contribution >= 0.6 is 24.0 Å². The number of carbonyl (C=O) groups is 1. The van der Waals surface area contributed by atoms with E-state index in [4.69, 9.17) is 4.99 Å². The second-order valence-electron chi connectivity index (χ2n) is 7.61. The largest absolute Gasteiger partial charge is 0.364 e. The van der Waals surface area contributed by atoms with Gasteiger partial charge in [-0.1, -0.05) is 24.3 Å². The van der Waals surface area contributed by atoms with E-state index < -0.39 is 0 Å². The highest BCUT2D eigenvalue weighted by Crippen LogP contribution is 2.18. The Morgan fingerprint density at radius 2 is 1.80 bits per heavy atom. The molecule has 166 valence electrons. The van der Waals surface area contributed by atoms with Crippen LogP contribution in [0.4, 0.5) is 5.69 Å². The third-order valence-electron chi connectivity index (χ3n) is 5.46. The molecule has 2 aliphatic rings. The fourth-order valence-corrected chi connectivity index (χ4v) is 3.70. The van der Waals surface area contributed by atoms with Gasteiger partial charge in [-0.3, -0.25) is 9.69 Å². The van der Waals surface area contributed by atoms with E-state index in [0.29, 0.717) is 19.1 Å². The number of hydrogen-bond acceptors (Lipinski definition) is 4. The monoisotopic (exact) mass is 526 g/mol. The van der Waals surface area contributed by atoms with E-state index in [1.165, 1.54) is 11.3 Å². The van der Waals surface area contributed by atoms with Crippen LogP contribution in [0.5, 0.6) is 0 Å². The quantitative estimate of drug-likeness (QED) is 0.219. The smallest absolute Gasteiger partial charge is 0.233 e. The van der Waals surface area contributed by atoms with Crippen molar-refractivity contribution in [3.63, 3.8) is 0 Å². The second kappa shape index (κ2) is 12.8. The molecule has 0 aromatic heterocycles. The topological polar surface area (TPSA) is 72.0 Å². The van der Waals surface area contributed by atoms with Crippen molar-refractivity contribution in [3.05, 3.63) is 42.0 Å². The predicted molar refractivity (Wildman–Crippen MR) is 135 cm³/mol. The van der Waals surface area contributed by atoms with Crippen LogP contribution in [-0.4, -0.2) is 69.1 Å². The number of halogens is 1. The fraction of sp³-hybridized carbons (Fsp3) is 0.545. The highest BCUT2D eigenvalue weighted by Gasteiger charge is 2.21. The summed E-state index contributed by atoms with van der Waals surface area (Å²) in [4.78, 5) is 20.9. The van der Waals surface area contributed by atoms with Crippen molar-refractivity contribution in [2.75, 3.05) is 51.2 Å². The van der Waals surface area contributed by atoms with Crippen LogP contribution in [0, 0.1) is 0 Å². The molecule has 1 fully saturated rings. The summed E-state index contributed by atoms with van der Waals surface area (Å²) < 4.78 is 0. The third-order valence-corrected chi connectivity index (χ3v) is 5.46. The standard InChI is InChI=1S/C22H34N6O.HI/c1-3-24-22(26-19-10-14-27(15-11-19)17-21(29)23-2)25-16-18-6-8-20(9-7-18)28-12-4-5-13-28;/h4-9,19H,3,10-17H2,1-2H3,(H,23,29)(H2,24,25,26);1H. The van der Waals surface area contributed by atoms with Crippen LogP contribution in [0.15, 0.2) is 41.4 Å². The van der Waals surface area contributed by atoms with Gasteiger partial charge in [-0.05, 0) is 37.5 Å². The van der Waals surface area contributed by atoms with E-state index in [1.807, 2.05) is 0 Å². The molecule has 0 spiro atoms. The van der Waals surface area contributed by atoms with Gasteiger partial charge in [-0.25, -0.2) is 4.99 Å². The van der Waals surface area contributed by atoms with Gasteiger partial charge >= 0.3 is 0 Å². The summed E-state index contributed by atoms with van der Waals surface area (Å²) >= 11 is 0. The normalized spacial score (nSPS) is 17.5. The van der Waals surface area contributed by atoms with Crippen LogP contribution in [0.1, 0.15) is 25.3 Å². The summed E-state index contributed by atoms with van der Waals surface area (Å²) in [5, 5.41) is 9.61. The number of rotatable bonds is 7. The van der Waals surface area contributed by atoms with Crippen molar-refractivity contribution in [1.29, 1.82) is 0 Å².